The van der Waals surface area contributed by atoms with Crippen LogP contribution in [0.15, 0.2) is 54.6 Å². The van der Waals surface area contributed by atoms with Gasteiger partial charge in [-0.2, -0.15) is 0 Å². The first-order chi connectivity index (χ1) is 13.1. The minimum atomic E-state index is -0.482. The number of amides is 2. The first kappa shape index (κ1) is 21.9. The molecule has 1 fully saturated rings. The van der Waals surface area contributed by atoms with Gasteiger partial charge in [0.05, 0.1) is 0 Å². The highest BCUT2D eigenvalue weighted by molar-refractivity contribution is 5.94. The van der Waals surface area contributed by atoms with Crippen molar-refractivity contribution in [2.24, 2.45) is 17.4 Å². The van der Waals surface area contributed by atoms with E-state index in [-0.39, 0.29) is 18.3 Å². The van der Waals surface area contributed by atoms with E-state index in [4.69, 9.17) is 11.5 Å². The van der Waals surface area contributed by atoms with Gasteiger partial charge in [0.25, 0.3) is 0 Å². The largest absolute Gasteiger partial charge is 0.366 e. The summed E-state index contributed by atoms with van der Waals surface area (Å²) in [6.07, 6.45) is 0.413. The van der Waals surface area contributed by atoms with Crippen LogP contribution in [0.25, 0.3) is 0 Å². The number of benzene rings is 2. The molecular weight excluding hydrogens is 376 g/mol. The lowest BCUT2D eigenvalue weighted by atomic mass is 9.89. The Hall–Kier alpha value is -2.41. The molecule has 1 aliphatic rings. The number of hydrogen-bond donors (Lipinski definition) is 3. The number of nitrogens with two attached hydrogens (primary N) is 2. The van der Waals surface area contributed by atoms with Crippen molar-refractivity contribution < 1.29 is 9.59 Å². The van der Waals surface area contributed by atoms with Gasteiger partial charge in [0.15, 0.2) is 0 Å². The molecule has 6 nitrogen and oxygen atoms in total. The molecule has 2 aromatic carbocycles. The summed E-state index contributed by atoms with van der Waals surface area (Å²) in [6.45, 7) is 3.18. The zero-order valence-electron chi connectivity index (χ0n) is 15.7. The molecule has 0 spiro atoms. The molecule has 7 heteroatoms. The van der Waals surface area contributed by atoms with Gasteiger partial charge in [0, 0.05) is 43.2 Å². The molecule has 1 aliphatic heterocycles. The van der Waals surface area contributed by atoms with Gasteiger partial charge in [0.1, 0.15) is 0 Å². The molecule has 150 valence electrons. The van der Waals surface area contributed by atoms with Crippen LogP contribution in [0.1, 0.15) is 28.3 Å². The van der Waals surface area contributed by atoms with Gasteiger partial charge < -0.3 is 21.7 Å². The van der Waals surface area contributed by atoms with Crippen molar-refractivity contribution >= 4 is 29.9 Å². The molecule has 1 saturated heterocycles. The van der Waals surface area contributed by atoms with E-state index in [1.165, 1.54) is 5.56 Å². The molecule has 2 amide bonds. The topological polar surface area (TPSA) is 101 Å². The van der Waals surface area contributed by atoms with E-state index < -0.39 is 5.91 Å². The highest BCUT2D eigenvalue weighted by Crippen LogP contribution is 2.31. The molecule has 0 bridgehead atoms. The van der Waals surface area contributed by atoms with Crippen molar-refractivity contribution in [3.05, 3.63) is 65.7 Å². The van der Waals surface area contributed by atoms with Crippen LogP contribution in [0.2, 0.25) is 0 Å². The zero-order valence-corrected chi connectivity index (χ0v) is 16.5. The summed E-state index contributed by atoms with van der Waals surface area (Å²) in [5.74, 6) is 0.302. The SMILES string of the molecule is Cl.NC[C@@H]1CN(CCC(=O)Nc2ccc(C(N)=O)cc2)C[C@H]1c1ccccc1. The molecule has 0 radical (unpaired) electrons. The summed E-state index contributed by atoms with van der Waals surface area (Å²) >= 11 is 0. The Kier molecular flexibility index (Phi) is 7.99. The number of anilines is 1. The second kappa shape index (κ2) is 10.2. The van der Waals surface area contributed by atoms with Gasteiger partial charge in [-0.05, 0) is 42.3 Å². The lowest BCUT2D eigenvalue weighted by Crippen LogP contribution is -2.27. The third-order valence-electron chi connectivity index (χ3n) is 5.16. The highest BCUT2D eigenvalue weighted by Gasteiger charge is 2.32. The predicted molar refractivity (Wildman–Crippen MR) is 114 cm³/mol. The second-order valence-electron chi connectivity index (χ2n) is 7.01. The predicted octanol–water partition coefficient (Wildman–Crippen LogP) is 2.21. The first-order valence-electron chi connectivity index (χ1n) is 9.24. The zero-order chi connectivity index (χ0) is 19.2. The molecule has 3 rings (SSSR count). The fraction of sp³-hybridized carbons (Fsp3) is 0.333. The van der Waals surface area contributed by atoms with Crippen LogP contribution in [0.5, 0.6) is 0 Å². The maximum Gasteiger partial charge on any atom is 0.248 e. The molecule has 2 atom stereocenters. The molecule has 1 heterocycles. The first-order valence-corrected chi connectivity index (χ1v) is 9.24. The number of rotatable bonds is 7. The Morgan fingerprint density at radius 3 is 2.32 bits per heavy atom. The molecule has 2 aromatic rings. The van der Waals surface area contributed by atoms with Crippen LogP contribution in [0.3, 0.4) is 0 Å². The van der Waals surface area contributed by atoms with Crippen molar-refractivity contribution in [3.8, 4) is 0 Å². The fourth-order valence-electron chi connectivity index (χ4n) is 3.66. The molecule has 0 saturated carbocycles. The van der Waals surface area contributed by atoms with Crippen molar-refractivity contribution in [1.82, 2.24) is 4.90 Å². The maximum absolute atomic E-state index is 12.2. The van der Waals surface area contributed by atoms with E-state index in [1.54, 1.807) is 24.3 Å². The average Bonchev–Trinajstić information content (AvgIpc) is 3.11. The standard InChI is InChI=1S/C21H26N4O2.ClH/c22-12-17-13-25(14-19(17)15-4-2-1-3-5-15)11-10-20(26)24-18-8-6-16(7-9-18)21(23)27;/h1-9,17,19H,10-14,22H2,(H2,23,27)(H,24,26);1H/t17-,19+;/m1./s1. The number of hydrogen-bond acceptors (Lipinski definition) is 4. The molecule has 5 N–H and O–H groups in total. The van der Waals surface area contributed by atoms with E-state index in [2.05, 4.69) is 34.5 Å². The quantitative estimate of drug-likeness (QED) is 0.660. The summed E-state index contributed by atoms with van der Waals surface area (Å²) in [5, 5.41) is 2.86. The van der Waals surface area contributed by atoms with E-state index in [0.29, 0.717) is 42.6 Å². The molecule has 0 unspecified atom stereocenters. The van der Waals surface area contributed by atoms with Crippen molar-refractivity contribution in [3.63, 3.8) is 0 Å². The number of likely N-dealkylation sites (tertiary alicyclic amines) is 1. The lowest BCUT2D eigenvalue weighted by molar-refractivity contribution is -0.116. The van der Waals surface area contributed by atoms with Crippen molar-refractivity contribution in [2.45, 2.75) is 12.3 Å². The van der Waals surface area contributed by atoms with E-state index in [1.807, 2.05) is 6.07 Å². The summed E-state index contributed by atoms with van der Waals surface area (Å²) in [4.78, 5) is 25.6. The number of nitrogens with zero attached hydrogens (tertiary/aromatic N) is 1. The minimum Gasteiger partial charge on any atom is -0.366 e. The summed E-state index contributed by atoms with van der Waals surface area (Å²) in [5.41, 5.74) is 13.6. The Labute approximate surface area is 171 Å². The van der Waals surface area contributed by atoms with Gasteiger partial charge in [-0.25, -0.2) is 0 Å². The van der Waals surface area contributed by atoms with Crippen LogP contribution < -0.4 is 16.8 Å². The Balaban J connectivity index is 0.00000280. The van der Waals surface area contributed by atoms with E-state index in [0.717, 1.165) is 13.1 Å². The van der Waals surface area contributed by atoms with Crippen LogP contribution in [-0.2, 0) is 4.79 Å². The third kappa shape index (κ3) is 5.55. The van der Waals surface area contributed by atoms with Crippen molar-refractivity contribution in [2.75, 3.05) is 31.5 Å². The average molecular weight is 403 g/mol. The van der Waals surface area contributed by atoms with Gasteiger partial charge >= 0.3 is 0 Å². The monoisotopic (exact) mass is 402 g/mol. The second-order valence-corrected chi connectivity index (χ2v) is 7.01. The van der Waals surface area contributed by atoms with Gasteiger partial charge in [-0.1, -0.05) is 30.3 Å². The number of carbonyl (C=O) groups is 2. The van der Waals surface area contributed by atoms with Gasteiger partial charge in [-0.15, -0.1) is 12.4 Å². The van der Waals surface area contributed by atoms with Crippen LogP contribution in [0.4, 0.5) is 5.69 Å². The smallest absolute Gasteiger partial charge is 0.248 e. The number of primary amides is 1. The van der Waals surface area contributed by atoms with Gasteiger partial charge in [-0.3, -0.25) is 9.59 Å². The summed E-state index contributed by atoms with van der Waals surface area (Å²) in [6, 6.07) is 17.0. The maximum atomic E-state index is 12.2. The Bertz CT molecular complexity index is 783. The molecule has 0 aromatic heterocycles. The summed E-state index contributed by atoms with van der Waals surface area (Å²) < 4.78 is 0. The minimum absolute atomic E-state index is 0. The third-order valence-corrected chi connectivity index (χ3v) is 5.16. The highest BCUT2D eigenvalue weighted by atomic mass is 35.5. The number of nitrogens with one attached hydrogen (secondary N) is 1. The van der Waals surface area contributed by atoms with Gasteiger partial charge in [0.2, 0.25) is 11.8 Å². The molecule has 0 aliphatic carbocycles. The molecule has 28 heavy (non-hydrogen) atoms. The lowest BCUT2D eigenvalue weighted by Gasteiger charge is -2.16. The van der Waals surface area contributed by atoms with E-state index >= 15 is 0 Å². The fourth-order valence-corrected chi connectivity index (χ4v) is 3.66. The molecular formula is C21H27ClN4O2. The number of carbonyl (C=O) groups excluding carboxylic acids is 2. The van der Waals surface area contributed by atoms with Crippen LogP contribution >= 0.6 is 12.4 Å². The Morgan fingerprint density at radius 2 is 1.71 bits per heavy atom. The Morgan fingerprint density at radius 1 is 1.04 bits per heavy atom. The van der Waals surface area contributed by atoms with Crippen LogP contribution in [0, 0.1) is 5.92 Å². The summed E-state index contributed by atoms with van der Waals surface area (Å²) in [7, 11) is 0. The number of halogens is 1. The van der Waals surface area contributed by atoms with Crippen molar-refractivity contribution in [1.29, 1.82) is 0 Å². The van der Waals surface area contributed by atoms with E-state index in [9.17, 15) is 9.59 Å². The van der Waals surface area contributed by atoms with Crippen LogP contribution in [-0.4, -0.2) is 42.9 Å². The normalized spacial score (nSPS) is 19.0.